The van der Waals surface area contributed by atoms with Crippen molar-refractivity contribution in [2.45, 2.75) is 13.2 Å². The summed E-state index contributed by atoms with van der Waals surface area (Å²) in [4.78, 5) is 22.9. The molecule has 10 nitrogen and oxygen atoms in total. The van der Waals surface area contributed by atoms with Crippen LogP contribution in [0.4, 0.5) is 20.4 Å². The van der Waals surface area contributed by atoms with Gasteiger partial charge in [-0.2, -0.15) is 0 Å². The number of piperazine rings is 1. The fourth-order valence-corrected chi connectivity index (χ4v) is 3.77. The molecular formula is C24H28F2N6O4. The van der Waals surface area contributed by atoms with Gasteiger partial charge in [-0.15, -0.1) is 0 Å². The Labute approximate surface area is 206 Å². The average molecular weight is 503 g/mol. The summed E-state index contributed by atoms with van der Waals surface area (Å²) in [5.74, 6) is -1.57. The number of halogens is 2. The van der Waals surface area contributed by atoms with Crippen LogP contribution in [-0.2, 0) is 13.2 Å². The first kappa shape index (κ1) is 25.3. The number of ether oxygens (including phenoxy) is 3. The molecule has 3 heterocycles. The van der Waals surface area contributed by atoms with Crippen LogP contribution < -0.4 is 30.4 Å². The molecule has 12 heteroatoms. The fraction of sp³-hybridized carbons (Fsp3) is 0.375. The second-order valence-electron chi connectivity index (χ2n) is 8.08. The zero-order chi connectivity index (χ0) is 25.5. The van der Waals surface area contributed by atoms with Crippen molar-refractivity contribution in [2.24, 2.45) is 0 Å². The summed E-state index contributed by atoms with van der Waals surface area (Å²) in [5.41, 5.74) is 0.224. The molecule has 0 unspecified atom stereocenters. The molecule has 1 fully saturated rings. The number of aromatic nitrogens is 3. The Morgan fingerprint density at radius 2 is 1.69 bits per heavy atom. The van der Waals surface area contributed by atoms with Crippen LogP contribution in [0.25, 0.3) is 0 Å². The van der Waals surface area contributed by atoms with E-state index in [4.69, 9.17) is 14.2 Å². The van der Waals surface area contributed by atoms with Crippen molar-refractivity contribution < 1.29 is 23.0 Å². The third-order valence-corrected chi connectivity index (χ3v) is 5.78. The minimum atomic E-state index is -0.873. The van der Waals surface area contributed by atoms with E-state index in [1.54, 1.807) is 16.8 Å². The predicted molar refractivity (Wildman–Crippen MR) is 129 cm³/mol. The van der Waals surface area contributed by atoms with E-state index in [0.717, 1.165) is 38.8 Å². The van der Waals surface area contributed by atoms with Crippen LogP contribution in [-0.4, -0.2) is 66.4 Å². The first-order valence-corrected chi connectivity index (χ1v) is 11.4. The topological polar surface area (TPSA) is 103 Å². The largest absolute Gasteiger partial charge is 0.494 e. The highest BCUT2D eigenvalue weighted by molar-refractivity contribution is 5.51. The van der Waals surface area contributed by atoms with Crippen molar-refractivity contribution in [3.05, 3.63) is 64.3 Å². The number of rotatable bonds is 10. The number of pyridine rings is 1. The van der Waals surface area contributed by atoms with Gasteiger partial charge in [-0.1, -0.05) is 0 Å². The summed E-state index contributed by atoms with van der Waals surface area (Å²) < 4.78 is 46.0. The lowest BCUT2D eigenvalue weighted by Gasteiger charge is -2.27. The van der Waals surface area contributed by atoms with E-state index in [1.165, 1.54) is 32.7 Å². The Morgan fingerprint density at radius 1 is 1.03 bits per heavy atom. The SMILES string of the molecule is COc1cc(OC)c(F)c(COc2cnc(Nc3ccc(=O)n(CCN4CCNCC4)c3)nc2)c1F. The molecule has 1 aromatic carbocycles. The van der Waals surface area contributed by atoms with Crippen LogP contribution in [0, 0.1) is 11.6 Å². The van der Waals surface area contributed by atoms with Crippen molar-refractivity contribution in [1.82, 2.24) is 24.8 Å². The molecule has 0 radical (unpaired) electrons. The molecule has 0 aliphatic carbocycles. The Hall–Kier alpha value is -3.77. The molecule has 1 aliphatic rings. The Morgan fingerprint density at radius 3 is 2.33 bits per heavy atom. The van der Waals surface area contributed by atoms with E-state index >= 15 is 0 Å². The van der Waals surface area contributed by atoms with Crippen molar-refractivity contribution >= 4 is 11.6 Å². The van der Waals surface area contributed by atoms with Crippen LogP contribution >= 0.6 is 0 Å². The van der Waals surface area contributed by atoms with Gasteiger partial charge < -0.3 is 29.4 Å². The number of anilines is 2. The van der Waals surface area contributed by atoms with E-state index in [0.29, 0.717) is 12.2 Å². The molecule has 0 bridgehead atoms. The van der Waals surface area contributed by atoms with E-state index in [1.807, 2.05) is 0 Å². The molecular weight excluding hydrogens is 474 g/mol. The van der Waals surface area contributed by atoms with Gasteiger partial charge in [-0.3, -0.25) is 9.69 Å². The minimum absolute atomic E-state index is 0.0889. The molecule has 1 saturated heterocycles. The zero-order valence-electron chi connectivity index (χ0n) is 20.1. The molecule has 2 aromatic heterocycles. The quantitative estimate of drug-likeness (QED) is 0.432. The van der Waals surface area contributed by atoms with E-state index < -0.39 is 18.2 Å². The lowest BCUT2D eigenvalue weighted by molar-refractivity contribution is 0.231. The highest BCUT2D eigenvalue weighted by Gasteiger charge is 2.20. The predicted octanol–water partition coefficient (Wildman–Crippen LogP) is 2.16. The number of hydrogen-bond donors (Lipinski definition) is 2. The fourth-order valence-electron chi connectivity index (χ4n) is 3.77. The zero-order valence-corrected chi connectivity index (χ0v) is 20.1. The van der Waals surface area contributed by atoms with Gasteiger partial charge in [0.05, 0.1) is 37.9 Å². The first-order valence-electron chi connectivity index (χ1n) is 11.4. The normalized spacial score (nSPS) is 13.9. The lowest BCUT2D eigenvalue weighted by atomic mass is 10.1. The molecule has 192 valence electrons. The summed E-state index contributed by atoms with van der Waals surface area (Å²) >= 11 is 0. The number of methoxy groups -OCH3 is 2. The van der Waals surface area contributed by atoms with Crippen molar-refractivity contribution in [1.29, 1.82) is 0 Å². The van der Waals surface area contributed by atoms with Crippen molar-refractivity contribution in [3.8, 4) is 17.2 Å². The van der Waals surface area contributed by atoms with Crippen LogP contribution in [0.1, 0.15) is 5.56 Å². The summed E-state index contributed by atoms with van der Waals surface area (Å²) in [6.07, 6.45) is 4.48. The van der Waals surface area contributed by atoms with Gasteiger partial charge in [0.2, 0.25) is 5.95 Å². The average Bonchev–Trinajstić information content (AvgIpc) is 2.90. The molecule has 3 aromatic rings. The molecule has 36 heavy (non-hydrogen) atoms. The molecule has 2 N–H and O–H groups in total. The lowest BCUT2D eigenvalue weighted by Crippen LogP contribution is -2.45. The number of nitrogens with one attached hydrogen (secondary N) is 2. The Kier molecular flexibility index (Phi) is 8.28. The van der Waals surface area contributed by atoms with E-state index in [-0.39, 0.29) is 34.3 Å². The van der Waals surface area contributed by atoms with Gasteiger partial charge in [0, 0.05) is 57.6 Å². The molecule has 0 amide bonds. The second-order valence-corrected chi connectivity index (χ2v) is 8.08. The van der Waals surface area contributed by atoms with Crippen LogP contribution in [0.2, 0.25) is 0 Å². The minimum Gasteiger partial charge on any atom is -0.494 e. The maximum absolute atomic E-state index is 14.5. The van der Waals surface area contributed by atoms with Gasteiger partial charge >= 0.3 is 0 Å². The van der Waals surface area contributed by atoms with Gasteiger partial charge in [-0.05, 0) is 6.07 Å². The second kappa shape index (κ2) is 11.8. The molecule has 4 rings (SSSR count). The Bertz CT molecular complexity index is 1200. The highest BCUT2D eigenvalue weighted by atomic mass is 19.1. The molecule has 0 saturated carbocycles. The van der Waals surface area contributed by atoms with Crippen molar-refractivity contribution in [3.63, 3.8) is 0 Å². The third-order valence-electron chi connectivity index (χ3n) is 5.78. The van der Waals surface area contributed by atoms with Gasteiger partial charge in [-0.25, -0.2) is 18.7 Å². The molecule has 1 aliphatic heterocycles. The third kappa shape index (κ3) is 6.07. The number of hydrogen-bond acceptors (Lipinski definition) is 9. The monoisotopic (exact) mass is 502 g/mol. The molecule has 0 spiro atoms. The van der Waals surface area contributed by atoms with Crippen LogP contribution in [0.15, 0.2) is 41.6 Å². The standard InChI is InChI=1S/C24H28F2N6O4/c1-34-19-11-20(35-2)23(26)18(22(19)25)15-36-17-12-28-24(29-13-17)30-16-3-4-21(33)32(14-16)10-9-31-7-5-27-6-8-31/h3-4,11-14,27H,5-10,15H2,1-2H3,(H,28,29,30). The van der Waals surface area contributed by atoms with Gasteiger partial charge in [0.15, 0.2) is 28.9 Å². The smallest absolute Gasteiger partial charge is 0.250 e. The van der Waals surface area contributed by atoms with Crippen LogP contribution in [0.3, 0.4) is 0 Å². The molecule has 0 atom stereocenters. The van der Waals surface area contributed by atoms with Gasteiger partial charge in [0.1, 0.15) is 6.61 Å². The van der Waals surface area contributed by atoms with Crippen molar-refractivity contribution in [2.75, 3.05) is 52.3 Å². The van der Waals surface area contributed by atoms with Crippen LogP contribution in [0.5, 0.6) is 17.2 Å². The Balaban J connectivity index is 1.38. The summed E-state index contributed by atoms with van der Waals surface area (Å²) in [6.45, 7) is 4.76. The van der Waals surface area contributed by atoms with Gasteiger partial charge in [0.25, 0.3) is 5.56 Å². The summed E-state index contributed by atoms with van der Waals surface area (Å²) in [5, 5.41) is 6.35. The maximum atomic E-state index is 14.5. The number of benzene rings is 1. The summed E-state index contributed by atoms with van der Waals surface area (Å²) in [7, 11) is 2.55. The maximum Gasteiger partial charge on any atom is 0.250 e. The van der Waals surface area contributed by atoms with E-state index in [9.17, 15) is 13.6 Å². The summed E-state index contributed by atoms with van der Waals surface area (Å²) in [6, 6.07) is 4.27. The highest BCUT2D eigenvalue weighted by Crippen LogP contribution is 2.32. The number of nitrogens with zero attached hydrogens (tertiary/aromatic N) is 4. The first-order chi connectivity index (χ1) is 17.5. The van der Waals surface area contributed by atoms with E-state index in [2.05, 4.69) is 25.5 Å².